The van der Waals surface area contributed by atoms with Crippen LogP contribution in [0.5, 0.6) is 0 Å². The molecule has 0 aromatic carbocycles. The zero-order valence-electron chi connectivity index (χ0n) is 11.7. The standard InChI is InChI=1S/C15H25NO3/c1-2-11-18-14-7-9-16(10-8-14)15(17)6-5-13-4-3-12-19-13/h2,13-14H,1,3-12H2/t13-/m0/s1. The molecule has 19 heavy (non-hydrogen) atoms. The average molecular weight is 267 g/mol. The Labute approximate surface area is 115 Å². The van der Waals surface area contributed by atoms with Crippen molar-refractivity contribution in [3.05, 3.63) is 12.7 Å². The fourth-order valence-corrected chi connectivity index (χ4v) is 2.79. The van der Waals surface area contributed by atoms with Crippen molar-refractivity contribution in [1.29, 1.82) is 0 Å². The van der Waals surface area contributed by atoms with Gasteiger partial charge in [0, 0.05) is 26.1 Å². The van der Waals surface area contributed by atoms with E-state index in [-0.39, 0.29) is 5.91 Å². The van der Waals surface area contributed by atoms with Crippen LogP contribution < -0.4 is 0 Å². The average Bonchev–Trinajstić information content (AvgIpc) is 2.96. The lowest BCUT2D eigenvalue weighted by molar-refractivity contribution is -0.134. The largest absolute Gasteiger partial charge is 0.378 e. The first kappa shape index (κ1) is 14.5. The summed E-state index contributed by atoms with van der Waals surface area (Å²) in [4.78, 5) is 14.1. The van der Waals surface area contributed by atoms with E-state index in [9.17, 15) is 4.79 Å². The van der Waals surface area contributed by atoms with Gasteiger partial charge in [0.1, 0.15) is 0 Å². The number of hydrogen-bond donors (Lipinski definition) is 0. The Hall–Kier alpha value is -0.870. The predicted octanol–water partition coefficient (Wildman–Crippen LogP) is 2.14. The van der Waals surface area contributed by atoms with Crippen molar-refractivity contribution in [1.82, 2.24) is 4.90 Å². The predicted molar refractivity (Wildman–Crippen MR) is 74.0 cm³/mol. The van der Waals surface area contributed by atoms with Crippen LogP contribution in [0.15, 0.2) is 12.7 Å². The van der Waals surface area contributed by atoms with Gasteiger partial charge in [0.2, 0.25) is 5.91 Å². The molecule has 0 radical (unpaired) electrons. The summed E-state index contributed by atoms with van der Waals surface area (Å²) in [6, 6.07) is 0. The summed E-state index contributed by atoms with van der Waals surface area (Å²) in [5.74, 6) is 0.276. The van der Waals surface area contributed by atoms with Crippen LogP contribution in [0.25, 0.3) is 0 Å². The highest BCUT2D eigenvalue weighted by atomic mass is 16.5. The van der Waals surface area contributed by atoms with E-state index in [1.54, 1.807) is 6.08 Å². The maximum absolute atomic E-state index is 12.1. The van der Waals surface area contributed by atoms with Crippen molar-refractivity contribution < 1.29 is 14.3 Å². The van der Waals surface area contributed by atoms with Crippen LogP contribution in [0.4, 0.5) is 0 Å². The molecule has 4 heteroatoms. The Balaban J connectivity index is 1.62. The molecular formula is C15H25NO3. The molecule has 0 aromatic rings. The van der Waals surface area contributed by atoms with Gasteiger partial charge in [-0.3, -0.25) is 4.79 Å². The van der Waals surface area contributed by atoms with Gasteiger partial charge in [-0.15, -0.1) is 6.58 Å². The third kappa shape index (κ3) is 4.62. The Morgan fingerprint density at radius 1 is 1.37 bits per heavy atom. The highest BCUT2D eigenvalue weighted by molar-refractivity contribution is 5.76. The lowest BCUT2D eigenvalue weighted by atomic mass is 10.1. The van der Waals surface area contributed by atoms with Gasteiger partial charge in [-0.05, 0) is 32.1 Å². The zero-order valence-corrected chi connectivity index (χ0v) is 11.7. The Bertz CT molecular complexity index is 292. The molecule has 2 rings (SSSR count). The first-order valence-corrected chi connectivity index (χ1v) is 7.41. The topological polar surface area (TPSA) is 38.8 Å². The number of carbonyl (C=O) groups excluding carboxylic acids is 1. The van der Waals surface area contributed by atoms with Crippen molar-refractivity contribution in [2.24, 2.45) is 0 Å². The fraction of sp³-hybridized carbons (Fsp3) is 0.800. The van der Waals surface area contributed by atoms with Gasteiger partial charge < -0.3 is 14.4 Å². The molecule has 0 aromatic heterocycles. The van der Waals surface area contributed by atoms with Crippen molar-refractivity contribution in [2.45, 2.75) is 50.7 Å². The Morgan fingerprint density at radius 2 is 2.16 bits per heavy atom. The summed E-state index contributed by atoms with van der Waals surface area (Å²) >= 11 is 0. The Kier molecular flexibility index (Phi) is 5.86. The molecule has 2 aliphatic rings. The molecular weight excluding hydrogens is 242 g/mol. The summed E-state index contributed by atoms with van der Waals surface area (Å²) in [6.45, 7) is 6.77. The molecule has 4 nitrogen and oxygen atoms in total. The molecule has 108 valence electrons. The minimum atomic E-state index is 0.276. The Morgan fingerprint density at radius 3 is 2.79 bits per heavy atom. The number of ether oxygens (including phenoxy) is 2. The molecule has 0 saturated carbocycles. The molecule has 2 fully saturated rings. The molecule has 0 spiro atoms. The normalized spacial score (nSPS) is 24.6. The molecule has 2 saturated heterocycles. The molecule has 2 heterocycles. The van der Waals surface area contributed by atoms with Gasteiger partial charge in [-0.1, -0.05) is 6.08 Å². The summed E-state index contributed by atoms with van der Waals surface area (Å²) in [5.41, 5.74) is 0. The van der Waals surface area contributed by atoms with Crippen LogP contribution in [0.2, 0.25) is 0 Å². The minimum Gasteiger partial charge on any atom is -0.378 e. The van der Waals surface area contributed by atoms with Gasteiger partial charge in [-0.2, -0.15) is 0 Å². The van der Waals surface area contributed by atoms with Gasteiger partial charge in [0.15, 0.2) is 0 Å². The van der Waals surface area contributed by atoms with Gasteiger partial charge in [0.05, 0.1) is 18.8 Å². The summed E-state index contributed by atoms with van der Waals surface area (Å²) in [7, 11) is 0. The maximum Gasteiger partial charge on any atom is 0.222 e. The van der Waals surface area contributed by atoms with Crippen LogP contribution in [0.3, 0.4) is 0 Å². The van der Waals surface area contributed by atoms with Crippen molar-refractivity contribution in [3.8, 4) is 0 Å². The smallest absolute Gasteiger partial charge is 0.222 e. The molecule has 0 bridgehead atoms. The monoisotopic (exact) mass is 267 g/mol. The molecule has 0 unspecified atom stereocenters. The van der Waals surface area contributed by atoms with Crippen molar-refractivity contribution in [2.75, 3.05) is 26.3 Å². The maximum atomic E-state index is 12.1. The second kappa shape index (κ2) is 7.65. The number of likely N-dealkylation sites (tertiary alicyclic amines) is 1. The summed E-state index contributed by atoms with van der Waals surface area (Å²) in [5, 5.41) is 0. The SMILES string of the molecule is C=CCOC1CCN(C(=O)CC[C@@H]2CCCO2)CC1. The van der Waals surface area contributed by atoms with Crippen LogP contribution in [0, 0.1) is 0 Å². The number of hydrogen-bond acceptors (Lipinski definition) is 3. The molecule has 0 aliphatic carbocycles. The van der Waals surface area contributed by atoms with E-state index in [0.29, 0.717) is 25.2 Å². The van der Waals surface area contributed by atoms with Gasteiger partial charge in [0.25, 0.3) is 0 Å². The van der Waals surface area contributed by atoms with Gasteiger partial charge >= 0.3 is 0 Å². The third-order valence-electron chi connectivity index (χ3n) is 3.95. The molecule has 0 N–H and O–H groups in total. The lowest BCUT2D eigenvalue weighted by Gasteiger charge is -2.32. The fourth-order valence-electron chi connectivity index (χ4n) is 2.79. The number of piperidine rings is 1. The lowest BCUT2D eigenvalue weighted by Crippen LogP contribution is -2.41. The zero-order chi connectivity index (χ0) is 13.5. The van der Waals surface area contributed by atoms with Crippen LogP contribution in [0.1, 0.15) is 38.5 Å². The van der Waals surface area contributed by atoms with E-state index in [0.717, 1.165) is 51.8 Å². The third-order valence-corrected chi connectivity index (χ3v) is 3.95. The number of rotatable bonds is 6. The number of amides is 1. The van der Waals surface area contributed by atoms with Gasteiger partial charge in [-0.25, -0.2) is 0 Å². The number of carbonyl (C=O) groups is 1. The van der Waals surface area contributed by atoms with Crippen LogP contribution in [-0.2, 0) is 14.3 Å². The van der Waals surface area contributed by atoms with Crippen LogP contribution >= 0.6 is 0 Å². The van der Waals surface area contributed by atoms with E-state index >= 15 is 0 Å². The van der Waals surface area contributed by atoms with Crippen molar-refractivity contribution >= 4 is 5.91 Å². The highest BCUT2D eigenvalue weighted by Gasteiger charge is 2.24. The summed E-state index contributed by atoms with van der Waals surface area (Å²) < 4.78 is 11.2. The quantitative estimate of drug-likeness (QED) is 0.692. The van der Waals surface area contributed by atoms with E-state index < -0.39 is 0 Å². The first-order chi connectivity index (χ1) is 9.29. The summed E-state index contributed by atoms with van der Waals surface area (Å²) in [6.07, 6.45) is 8.04. The second-order valence-electron chi connectivity index (χ2n) is 5.38. The van der Waals surface area contributed by atoms with Crippen LogP contribution in [-0.4, -0.2) is 49.3 Å². The van der Waals surface area contributed by atoms with E-state index in [4.69, 9.17) is 9.47 Å². The van der Waals surface area contributed by atoms with E-state index in [2.05, 4.69) is 6.58 Å². The first-order valence-electron chi connectivity index (χ1n) is 7.41. The molecule has 1 amide bonds. The molecule has 2 aliphatic heterocycles. The van der Waals surface area contributed by atoms with E-state index in [1.165, 1.54) is 0 Å². The second-order valence-corrected chi connectivity index (χ2v) is 5.38. The van der Waals surface area contributed by atoms with E-state index in [1.807, 2.05) is 4.90 Å². The molecule has 1 atom stereocenters. The highest BCUT2D eigenvalue weighted by Crippen LogP contribution is 2.19. The minimum absolute atomic E-state index is 0.276. The van der Waals surface area contributed by atoms with Crippen molar-refractivity contribution in [3.63, 3.8) is 0 Å². The number of nitrogens with zero attached hydrogens (tertiary/aromatic N) is 1.